The average Bonchev–Trinajstić information content (AvgIpc) is 2.42. The smallest absolute Gasteiger partial charge is 0.101 e. The van der Waals surface area contributed by atoms with Gasteiger partial charge in [-0.15, -0.1) is 0 Å². The fourth-order valence-electron chi connectivity index (χ4n) is 2.01. The number of benzene rings is 1. The van der Waals surface area contributed by atoms with Gasteiger partial charge in [0.25, 0.3) is 0 Å². The molecule has 0 saturated heterocycles. The molecular weight excluding hydrogens is 234 g/mol. The first-order valence-electron chi connectivity index (χ1n) is 6.96. The molecule has 3 nitrogen and oxygen atoms in total. The van der Waals surface area contributed by atoms with E-state index in [1.54, 1.807) is 6.92 Å². The summed E-state index contributed by atoms with van der Waals surface area (Å²) in [5.74, 6) is 0. The van der Waals surface area contributed by atoms with Crippen LogP contribution in [-0.2, 0) is 6.42 Å². The van der Waals surface area contributed by atoms with E-state index in [2.05, 4.69) is 42.3 Å². The van der Waals surface area contributed by atoms with Crippen LogP contribution in [-0.4, -0.2) is 30.6 Å². The van der Waals surface area contributed by atoms with Crippen molar-refractivity contribution in [1.29, 1.82) is 5.26 Å². The Kier molecular flexibility index (Phi) is 6.55. The van der Waals surface area contributed by atoms with Gasteiger partial charge in [0.1, 0.15) is 5.54 Å². The highest BCUT2D eigenvalue weighted by molar-refractivity contribution is 5.14. The van der Waals surface area contributed by atoms with E-state index >= 15 is 0 Å². The Morgan fingerprint density at radius 3 is 2.53 bits per heavy atom. The summed E-state index contributed by atoms with van der Waals surface area (Å²) in [5.41, 5.74) is 6.51. The second-order valence-electron chi connectivity index (χ2n) is 5.53. The maximum Gasteiger partial charge on any atom is 0.101 e. The van der Waals surface area contributed by atoms with Crippen LogP contribution >= 0.6 is 0 Å². The zero-order chi connectivity index (χ0) is 14.1. The maximum absolute atomic E-state index is 8.83. The molecule has 0 radical (unpaired) electrons. The number of unbranched alkanes of at least 4 members (excludes halogenated alkanes) is 1. The van der Waals surface area contributed by atoms with Gasteiger partial charge in [-0.1, -0.05) is 30.3 Å². The van der Waals surface area contributed by atoms with Crippen LogP contribution in [0.4, 0.5) is 0 Å². The largest absolute Gasteiger partial charge is 0.314 e. The Morgan fingerprint density at radius 1 is 1.21 bits per heavy atom. The number of nitrogens with zero attached hydrogens (tertiary/aromatic N) is 2. The molecule has 2 N–H and O–H groups in total. The minimum atomic E-state index is -0.664. The summed E-state index contributed by atoms with van der Waals surface area (Å²) in [6, 6.07) is 12.7. The molecular formula is C16H25N3. The van der Waals surface area contributed by atoms with Crippen molar-refractivity contribution < 1.29 is 0 Å². The molecule has 104 valence electrons. The molecule has 0 heterocycles. The molecule has 1 atom stereocenters. The minimum Gasteiger partial charge on any atom is -0.314 e. The summed E-state index contributed by atoms with van der Waals surface area (Å²) in [6.07, 6.45) is 3.97. The highest BCUT2D eigenvalue weighted by atomic mass is 15.1. The first-order valence-corrected chi connectivity index (χ1v) is 6.96. The van der Waals surface area contributed by atoms with Crippen molar-refractivity contribution in [2.24, 2.45) is 5.73 Å². The van der Waals surface area contributed by atoms with Gasteiger partial charge in [-0.05, 0) is 51.8 Å². The molecule has 1 rings (SSSR count). The number of nitriles is 1. The van der Waals surface area contributed by atoms with Crippen molar-refractivity contribution in [2.45, 2.75) is 38.1 Å². The van der Waals surface area contributed by atoms with E-state index in [1.807, 2.05) is 6.07 Å². The Balaban J connectivity index is 2.12. The van der Waals surface area contributed by atoms with Crippen LogP contribution < -0.4 is 5.73 Å². The number of likely N-dealkylation sites (N-methyl/N-ethyl adjacent to an activating group) is 1. The Hall–Kier alpha value is -1.37. The second-order valence-corrected chi connectivity index (χ2v) is 5.53. The lowest BCUT2D eigenvalue weighted by atomic mass is 9.98. The van der Waals surface area contributed by atoms with Crippen molar-refractivity contribution in [2.75, 3.05) is 20.1 Å². The predicted octanol–water partition coefficient (Wildman–Crippen LogP) is 2.57. The lowest BCUT2D eigenvalue weighted by Crippen LogP contribution is -2.34. The quantitative estimate of drug-likeness (QED) is 0.730. The van der Waals surface area contributed by atoms with Gasteiger partial charge in [-0.2, -0.15) is 5.26 Å². The third-order valence-electron chi connectivity index (χ3n) is 3.37. The van der Waals surface area contributed by atoms with Crippen LogP contribution in [0, 0.1) is 11.3 Å². The zero-order valence-corrected chi connectivity index (χ0v) is 12.1. The summed E-state index contributed by atoms with van der Waals surface area (Å²) < 4.78 is 0. The number of hydrogen-bond donors (Lipinski definition) is 1. The molecule has 0 aliphatic carbocycles. The molecule has 0 spiro atoms. The van der Waals surface area contributed by atoms with Crippen LogP contribution in [0.1, 0.15) is 31.7 Å². The van der Waals surface area contributed by atoms with Crippen molar-refractivity contribution in [3.05, 3.63) is 35.9 Å². The number of nitrogens with two attached hydrogens (primary N) is 1. The highest BCUT2D eigenvalue weighted by Gasteiger charge is 2.15. The molecule has 1 unspecified atom stereocenters. The second kappa shape index (κ2) is 7.93. The Labute approximate surface area is 117 Å². The van der Waals surface area contributed by atoms with Gasteiger partial charge in [0.2, 0.25) is 0 Å². The molecule has 0 saturated carbocycles. The molecule has 0 amide bonds. The van der Waals surface area contributed by atoms with Gasteiger partial charge < -0.3 is 10.6 Å². The topological polar surface area (TPSA) is 53.0 Å². The predicted molar refractivity (Wildman–Crippen MR) is 79.7 cm³/mol. The molecule has 0 fully saturated rings. The van der Waals surface area contributed by atoms with Crippen LogP contribution in [0.25, 0.3) is 0 Å². The summed E-state index contributed by atoms with van der Waals surface area (Å²) in [5, 5.41) is 8.83. The molecule has 1 aromatic rings. The van der Waals surface area contributed by atoms with E-state index in [0.29, 0.717) is 0 Å². The summed E-state index contributed by atoms with van der Waals surface area (Å²) in [4.78, 5) is 2.34. The fourth-order valence-corrected chi connectivity index (χ4v) is 2.01. The number of hydrogen-bond acceptors (Lipinski definition) is 3. The fraction of sp³-hybridized carbons (Fsp3) is 0.562. The highest BCUT2D eigenvalue weighted by Crippen LogP contribution is 2.09. The summed E-state index contributed by atoms with van der Waals surface area (Å²) in [7, 11) is 2.15. The normalized spacial score (nSPS) is 14.1. The molecule has 0 bridgehead atoms. The van der Waals surface area contributed by atoms with Crippen LogP contribution in [0.3, 0.4) is 0 Å². The van der Waals surface area contributed by atoms with E-state index in [4.69, 9.17) is 11.0 Å². The molecule has 19 heavy (non-hydrogen) atoms. The third-order valence-corrected chi connectivity index (χ3v) is 3.37. The summed E-state index contributed by atoms with van der Waals surface area (Å²) in [6.45, 7) is 3.93. The van der Waals surface area contributed by atoms with Gasteiger partial charge in [0, 0.05) is 6.54 Å². The monoisotopic (exact) mass is 259 g/mol. The molecule has 0 aliphatic heterocycles. The minimum absolute atomic E-state index is 0.664. The van der Waals surface area contributed by atoms with E-state index in [9.17, 15) is 0 Å². The number of rotatable bonds is 8. The standard InChI is InChI=1S/C16H25N3/c1-16(18,14-17)11-6-7-12-19(2)13-10-15-8-4-3-5-9-15/h3-5,8-9H,6-7,10-13,18H2,1-2H3. The van der Waals surface area contributed by atoms with Crippen LogP contribution in [0.5, 0.6) is 0 Å². The average molecular weight is 259 g/mol. The summed E-state index contributed by atoms with van der Waals surface area (Å²) >= 11 is 0. The Bertz CT molecular complexity index is 392. The lowest BCUT2D eigenvalue weighted by Gasteiger charge is -2.18. The third kappa shape index (κ3) is 6.95. The van der Waals surface area contributed by atoms with E-state index in [-0.39, 0.29) is 0 Å². The van der Waals surface area contributed by atoms with E-state index in [0.717, 1.165) is 38.8 Å². The van der Waals surface area contributed by atoms with Gasteiger partial charge in [0.15, 0.2) is 0 Å². The molecule has 3 heteroatoms. The van der Waals surface area contributed by atoms with Crippen molar-refractivity contribution in [3.8, 4) is 6.07 Å². The molecule has 0 aromatic heterocycles. The van der Waals surface area contributed by atoms with Gasteiger partial charge in [-0.3, -0.25) is 0 Å². The van der Waals surface area contributed by atoms with Gasteiger partial charge >= 0.3 is 0 Å². The van der Waals surface area contributed by atoms with E-state index in [1.165, 1.54) is 5.56 Å². The first-order chi connectivity index (χ1) is 9.03. The Morgan fingerprint density at radius 2 is 1.89 bits per heavy atom. The lowest BCUT2D eigenvalue weighted by molar-refractivity contribution is 0.324. The maximum atomic E-state index is 8.83. The van der Waals surface area contributed by atoms with Crippen molar-refractivity contribution >= 4 is 0 Å². The first kappa shape index (κ1) is 15.7. The van der Waals surface area contributed by atoms with Gasteiger partial charge in [-0.25, -0.2) is 0 Å². The van der Waals surface area contributed by atoms with Crippen LogP contribution in [0.2, 0.25) is 0 Å². The van der Waals surface area contributed by atoms with E-state index < -0.39 is 5.54 Å². The van der Waals surface area contributed by atoms with Gasteiger partial charge in [0.05, 0.1) is 6.07 Å². The zero-order valence-electron chi connectivity index (χ0n) is 12.1. The van der Waals surface area contributed by atoms with Crippen LogP contribution in [0.15, 0.2) is 30.3 Å². The van der Waals surface area contributed by atoms with Crippen molar-refractivity contribution in [1.82, 2.24) is 4.90 Å². The molecule has 1 aromatic carbocycles. The van der Waals surface area contributed by atoms with Crippen molar-refractivity contribution in [3.63, 3.8) is 0 Å². The SMILES string of the molecule is CN(CCCCC(C)(N)C#N)CCc1ccccc1. The molecule has 0 aliphatic rings.